The van der Waals surface area contributed by atoms with E-state index >= 15 is 0 Å². The average molecular weight is 234 g/mol. The first-order valence-corrected chi connectivity index (χ1v) is 6.18. The van der Waals surface area contributed by atoms with Crippen LogP contribution in [-0.2, 0) is 11.2 Å². The van der Waals surface area contributed by atoms with Gasteiger partial charge in [-0.3, -0.25) is 4.79 Å². The van der Waals surface area contributed by atoms with Gasteiger partial charge in [-0.2, -0.15) is 0 Å². The fourth-order valence-corrected chi connectivity index (χ4v) is 2.58. The van der Waals surface area contributed by atoms with Crippen molar-refractivity contribution in [3.63, 3.8) is 0 Å². The Morgan fingerprint density at radius 3 is 2.41 bits per heavy atom. The van der Waals surface area contributed by atoms with E-state index in [1.807, 2.05) is 18.2 Å². The topological polar surface area (TPSA) is 17.1 Å². The minimum atomic E-state index is -1.60. The molecule has 1 aliphatic carbocycles. The summed E-state index contributed by atoms with van der Waals surface area (Å²) in [6.07, 6.45) is 2.35. The highest BCUT2D eigenvalue weighted by atomic mass is 19.1. The minimum absolute atomic E-state index is 0.0793. The zero-order valence-corrected chi connectivity index (χ0v) is 10.5. The lowest BCUT2D eigenvalue weighted by Crippen LogP contribution is -2.42. The van der Waals surface area contributed by atoms with Crippen LogP contribution in [0.3, 0.4) is 0 Å². The predicted octanol–water partition coefficient (Wildman–Crippen LogP) is 3.72. The van der Waals surface area contributed by atoms with E-state index in [9.17, 15) is 9.18 Å². The summed E-state index contributed by atoms with van der Waals surface area (Å²) < 4.78 is 13.8. The highest BCUT2D eigenvalue weighted by Gasteiger charge is 2.44. The Bertz CT molecular complexity index is 410. The van der Waals surface area contributed by atoms with Crippen LogP contribution in [0.1, 0.15) is 38.7 Å². The number of benzene rings is 1. The third kappa shape index (κ3) is 2.74. The van der Waals surface area contributed by atoms with Gasteiger partial charge in [-0.15, -0.1) is 0 Å². The molecule has 0 saturated heterocycles. The second-order valence-corrected chi connectivity index (χ2v) is 5.77. The van der Waals surface area contributed by atoms with Gasteiger partial charge in [-0.05, 0) is 37.2 Å². The highest BCUT2D eigenvalue weighted by molar-refractivity contribution is 5.88. The Hall–Kier alpha value is -1.18. The molecule has 0 aliphatic heterocycles. The standard InChI is InChI=1S/C15H19FO/c1-14(10-12-6-4-3-5-7-12)8-9-15(2,16)13(17)11-14/h3-7H,8-11H2,1-2H3/t14-,15+/m0/s1. The summed E-state index contributed by atoms with van der Waals surface area (Å²) >= 11 is 0. The maximum absolute atomic E-state index is 13.8. The van der Waals surface area contributed by atoms with Crippen molar-refractivity contribution in [2.45, 2.75) is 45.2 Å². The third-order valence-corrected chi connectivity index (χ3v) is 3.84. The molecule has 0 unspecified atom stereocenters. The van der Waals surface area contributed by atoms with Gasteiger partial charge < -0.3 is 0 Å². The maximum Gasteiger partial charge on any atom is 0.170 e. The van der Waals surface area contributed by atoms with Crippen molar-refractivity contribution in [2.24, 2.45) is 5.41 Å². The molecule has 1 aromatic carbocycles. The molecule has 2 atom stereocenters. The molecule has 1 nitrogen and oxygen atoms in total. The molecule has 0 heterocycles. The van der Waals surface area contributed by atoms with Gasteiger partial charge in [-0.1, -0.05) is 37.3 Å². The number of alkyl halides is 1. The van der Waals surface area contributed by atoms with Crippen LogP contribution in [0.5, 0.6) is 0 Å². The van der Waals surface area contributed by atoms with E-state index in [2.05, 4.69) is 19.1 Å². The van der Waals surface area contributed by atoms with E-state index in [0.29, 0.717) is 12.8 Å². The molecule has 1 aromatic rings. The second kappa shape index (κ2) is 4.25. The summed E-state index contributed by atoms with van der Waals surface area (Å²) in [7, 11) is 0. The number of rotatable bonds is 2. The third-order valence-electron chi connectivity index (χ3n) is 3.84. The number of hydrogen-bond donors (Lipinski definition) is 0. The second-order valence-electron chi connectivity index (χ2n) is 5.77. The summed E-state index contributed by atoms with van der Waals surface area (Å²) in [6.45, 7) is 3.50. The van der Waals surface area contributed by atoms with Crippen molar-refractivity contribution in [3.8, 4) is 0 Å². The number of Topliss-reactive ketones (excluding diaryl/α,β-unsaturated/α-hetero) is 1. The lowest BCUT2D eigenvalue weighted by atomic mass is 9.67. The molecule has 1 aliphatic rings. The van der Waals surface area contributed by atoms with E-state index in [4.69, 9.17) is 0 Å². The number of halogens is 1. The summed E-state index contributed by atoms with van der Waals surface area (Å²) in [4.78, 5) is 11.7. The van der Waals surface area contributed by atoms with E-state index < -0.39 is 5.67 Å². The molecule has 1 saturated carbocycles. The van der Waals surface area contributed by atoms with E-state index in [1.54, 1.807) is 0 Å². The van der Waals surface area contributed by atoms with Gasteiger partial charge in [0.1, 0.15) is 0 Å². The molecule has 1 fully saturated rings. The van der Waals surface area contributed by atoms with Crippen molar-refractivity contribution >= 4 is 5.78 Å². The molecular formula is C15H19FO. The van der Waals surface area contributed by atoms with Crippen molar-refractivity contribution in [1.82, 2.24) is 0 Å². The molecule has 0 amide bonds. The zero-order chi connectivity index (χ0) is 12.5. The van der Waals surface area contributed by atoms with Gasteiger partial charge in [0.25, 0.3) is 0 Å². The summed E-state index contributed by atoms with van der Waals surface area (Å²) in [5, 5.41) is 0. The van der Waals surface area contributed by atoms with Crippen molar-refractivity contribution in [3.05, 3.63) is 35.9 Å². The Kier molecular flexibility index (Phi) is 3.07. The monoisotopic (exact) mass is 234 g/mol. The van der Waals surface area contributed by atoms with Gasteiger partial charge in [-0.25, -0.2) is 4.39 Å². The first kappa shape index (κ1) is 12.3. The molecule has 2 rings (SSSR count). The van der Waals surface area contributed by atoms with Crippen LogP contribution in [0.15, 0.2) is 30.3 Å². The fraction of sp³-hybridized carbons (Fsp3) is 0.533. The molecule has 0 aromatic heterocycles. The number of ketones is 1. The summed E-state index contributed by atoms with van der Waals surface area (Å²) in [6, 6.07) is 10.1. The molecule has 92 valence electrons. The summed E-state index contributed by atoms with van der Waals surface area (Å²) in [5.74, 6) is -0.234. The maximum atomic E-state index is 13.8. The SMILES string of the molecule is C[C@@]1(Cc2ccccc2)CC[C@@](C)(F)C(=O)C1. The number of hydrogen-bond acceptors (Lipinski definition) is 1. The highest BCUT2D eigenvalue weighted by Crippen LogP contribution is 2.42. The molecular weight excluding hydrogens is 215 g/mol. The lowest BCUT2D eigenvalue weighted by molar-refractivity contribution is -0.136. The smallest absolute Gasteiger partial charge is 0.170 e. The van der Waals surface area contributed by atoms with Gasteiger partial charge in [0, 0.05) is 6.42 Å². The fourth-order valence-electron chi connectivity index (χ4n) is 2.58. The van der Waals surface area contributed by atoms with Crippen LogP contribution in [0, 0.1) is 5.41 Å². The number of carbonyl (C=O) groups is 1. The Balaban J connectivity index is 2.09. The molecule has 0 radical (unpaired) electrons. The molecule has 17 heavy (non-hydrogen) atoms. The van der Waals surface area contributed by atoms with E-state index in [1.165, 1.54) is 12.5 Å². The minimum Gasteiger partial charge on any atom is -0.296 e. The Morgan fingerprint density at radius 1 is 1.18 bits per heavy atom. The predicted molar refractivity (Wildman–Crippen MR) is 66.6 cm³/mol. The van der Waals surface area contributed by atoms with Crippen LogP contribution in [-0.4, -0.2) is 11.5 Å². The summed E-state index contributed by atoms with van der Waals surface area (Å²) in [5.41, 5.74) is -0.453. The quantitative estimate of drug-likeness (QED) is 0.762. The Morgan fingerprint density at radius 2 is 1.82 bits per heavy atom. The Labute approximate surface area is 102 Å². The zero-order valence-electron chi connectivity index (χ0n) is 10.5. The first-order chi connectivity index (χ1) is 7.91. The van der Waals surface area contributed by atoms with Crippen LogP contribution in [0.4, 0.5) is 4.39 Å². The van der Waals surface area contributed by atoms with Crippen LogP contribution >= 0.6 is 0 Å². The molecule has 2 heteroatoms. The molecule has 0 spiro atoms. The molecule has 0 bridgehead atoms. The van der Waals surface area contributed by atoms with E-state index in [0.717, 1.165) is 12.8 Å². The first-order valence-electron chi connectivity index (χ1n) is 6.18. The number of carbonyl (C=O) groups excluding carboxylic acids is 1. The van der Waals surface area contributed by atoms with Gasteiger partial charge >= 0.3 is 0 Å². The molecule has 0 N–H and O–H groups in total. The van der Waals surface area contributed by atoms with Crippen LogP contribution in [0.25, 0.3) is 0 Å². The van der Waals surface area contributed by atoms with E-state index in [-0.39, 0.29) is 11.2 Å². The van der Waals surface area contributed by atoms with Gasteiger partial charge in [0.15, 0.2) is 11.5 Å². The van der Waals surface area contributed by atoms with Gasteiger partial charge in [0.05, 0.1) is 0 Å². The van der Waals surface area contributed by atoms with Crippen molar-refractivity contribution in [2.75, 3.05) is 0 Å². The normalized spacial score (nSPS) is 33.7. The van der Waals surface area contributed by atoms with Gasteiger partial charge in [0.2, 0.25) is 0 Å². The van der Waals surface area contributed by atoms with Crippen LogP contribution in [0.2, 0.25) is 0 Å². The largest absolute Gasteiger partial charge is 0.296 e. The van der Waals surface area contributed by atoms with Crippen LogP contribution < -0.4 is 0 Å². The van der Waals surface area contributed by atoms with Crippen molar-refractivity contribution < 1.29 is 9.18 Å². The van der Waals surface area contributed by atoms with Crippen molar-refractivity contribution in [1.29, 1.82) is 0 Å². The average Bonchev–Trinajstić information content (AvgIpc) is 2.26. The lowest BCUT2D eigenvalue weighted by Gasteiger charge is -2.38.